The normalized spacial score (nSPS) is 12.3. The lowest BCUT2D eigenvalue weighted by atomic mass is 10.1. The Bertz CT molecular complexity index is 522. The Kier molecular flexibility index (Phi) is 5.56. The van der Waals surface area contributed by atoms with E-state index >= 15 is 0 Å². The summed E-state index contributed by atoms with van der Waals surface area (Å²) < 4.78 is 5.76. The summed E-state index contributed by atoms with van der Waals surface area (Å²) in [6.07, 6.45) is 3.13. The van der Waals surface area contributed by atoms with E-state index < -0.39 is 0 Å². The molecule has 0 saturated heterocycles. The maximum absolute atomic E-state index is 5.99. The van der Waals surface area contributed by atoms with E-state index in [9.17, 15) is 0 Å². The third kappa shape index (κ3) is 4.05. The molecule has 0 aliphatic rings. The molecule has 108 valence electrons. The number of aryl methyl sites for hydroxylation is 1. The van der Waals surface area contributed by atoms with Crippen molar-refractivity contribution < 1.29 is 4.74 Å². The average Bonchev–Trinajstić information content (AvgIpc) is 2.93. The molecule has 0 fully saturated rings. The Labute approximate surface area is 124 Å². The molecule has 1 heterocycles. The predicted molar refractivity (Wildman–Crippen MR) is 84.1 cm³/mol. The minimum absolute atomic E-state index is 0.110. The van der Waals surface area contributed by atoms with Crippen molar-refractivity contribution in [2.24, 2.45) is 5.73 Å². The van der Waals surface area contributed by atoms with Crippen molar-refractivity contribution in [3.63, 3.8) is 0 Å². The minimum atomic E-state index is 0.110. The van der Waals surface area contributed by atoms with Gasteiger partial charge in [-0.3, -0.25) is 0 Å². The number of thiazole rings is 1. The van der Waals surface area contributed by atoms with Gasteiger partial charge in [0, 0.05) is 11.4 Å². The molecule has 2 rings (SSSR count). The highest BCUT2D eigenvalue weighted by molar-refractivity contribution is 7.09. The fourth-order valence-electron chi connectivity index (χ4n) is 1.95. The number of hydrogen-bond acceptors (Lipinski definition) is 4. The van der Waals surface area contributed by atoms with Gasteiger partial charge in [-0.25, -0.2) is 4.98 Å². The highest BCUT2D eigenvalue weighted by Gasteiger charge is 2.05. The number of aromatic nitrogens is 1. The minimum Gasteiger partial charge on any atom is -0.487 e. The quantitative estimate of drug-likeness (QED) is 0.835. The molecule has 3 nitrogen and oxygen atoms in total. The third-order valence-corrected chi connectivity index (χ3v) is 4.16. The molecule has 0 radical (unpaired) electrons. The van der Waals surface area contributed by atoms with Crippen LogP contribution in [-0.2, 0) is 13.0 Å². The van der Waals surface area contributed by atoms with Crippen LogP contribution in [-0.4, -0.2) is 4.98 Å². The molecule has 0 spiro atoms. The van der Waals surface area contributed by atoms with Crippen molar-refractivity contribution >= 4 is 11.3 Å². The molecule has 0 aliphatic carbocycles. The Morgan fingerprint density at radius 2 is 2.00 bits per heavy atom. The maximum Gasteiger partial charge on any atom is 0.131 e. The predicted octanol–water partition coefficient (Wildman–Crippen LogP) is 4.08. The topological polar surface area (TPSA) is 48.1 Å². The van der Waals surface area contributed by atoms with Gasteiger partial charge < -0.3 is 10.5 Å². The molecule has 0 saturated carbocycles. The van der Waals surface area contributed by atoms with E-state index in [-0.39, 0.29) is 6.04 Å². The lowest BCUT2D eigenvalue weighted by Gasteiger charge is -2.10. The van der Waals surface area contributed by atoms with Crippen LogP contribution in [0.4, 0.5) is 0 Å². The molecular weight excluding hydrogens is 268 g/mol. The van der Waals surface area contributed by atoms with Gasteiger partial charge in [0.05, 0.1) is 10.7 Å². The Balaban J connectivity index is 1.89. The summed E-state index contributed by atoms with van der Waals surface area (Å²) in [7, 11) is 0. The second kappa shape index (κ2) is 7.41. The number of hydrogen-bond donors (Lipinski definition) is 1. The zero-order valence-corrected chi connectivity index (χ0v) is 13.0. The van der Waals surface area contributed by atoms with E-state index in [1.807, 2.05) is 24.3 Å². The molecule has 1 atom stereocenters. The largest absolute Gasteiger partial charge is 0.487 e. The molecule has 0 amide bonds. The smallest absolute Gasteiger partial charge is 0.131 e. The fraction of sp³-hybridized carbons (Fsp3) is 0.438. The first-order chi connectivity index (χ1) is 9.72. The highest BCUT2D eigenvalue weighted by atomic mass is 32.1. The van der Waals surface area contributed by atoms with Crippen LogP contribution < -0.4 is 10.5 Å². The Morgan fingerprint density at radius 3 is 2.65 bits per heavy atom. The first kappa shape index (κ1) is 15.0. The monoisotopic (exact) mass is 290 g/mol. The summed E-state index contributed by atoms with van der Waals surface area (Å²) in [6, 6.07) is 8.13. The number of nitrogens with zero attached hydrogens (tertiary/aromatic N) is 1. The first-order valence-corrected chi connectivity index (χ1v) is 8.02. The van der Waals surface area contributed by atoms with Crippen molar-refractivity contribution in [1.29, 1.82) is 0 Å². The van der Waals surface area contributed by atoms with Gasteiger partial charge in [-0.2, -0.15) is 0 Å². The van der Waals surface area contributed by atoms with Crippen LogP contribution in [0.2, 0.25) is 0 Å². The van der Waals surface area contributed by atoms with Crippen LogP contribution in [0.1, 0.15) is 49.0 Å². The van der Waals surface area contributed by atoms with Crippen molar-refractivity contribution in [2.75, 3.05) is 0 Å². The number of rotatable bonds is 7. The van der Waals surface area contributed by atoms with Crippen LogP contribution in [0, 0.1) is 0 Å². The molecule has 2 aromatic rings. The van der Waals surface area contributed by atoms with Crippen LogP contribution >= 0.6 is 11.3 Å². The van der Waals surface area contributed by atoms with E-state index in [1.165, 1.54) is 5.01 Å². The van der Waals surface area contributed by atoms with E-state index in [0.29, 0.717) is 6.61 Å². The van der Waals surface area contributed by atoms with Gasteiger partial charge in [0.25, 0.3) is 0 Å². The Morgan fingerprint density at radius 1 is 1.25 bits per heavy atom. The van der Waals surface area contributed by atoms with Gasteiger partial charge in [0.2, 0.25) is 0 Å². The molecule has 1 aromatic carbocycles. The van der Waals surface area contributed by atoms with Gasteiger partial charge in [-0.15, -0.1) is 11.3 Å². The summed E-state index contributed by atoms with van der Waals surface area (Å²) in [5, 5.41) is 3.27. The molecule has 1 aromatic heterocycles. The third-order valence-electron chi connectivity index (χ3n) is 3.20. The van der Waals surface area contributed by atoms with Crippen LogP contribution in [0.15, 0.2) is 29.6 Å². The highest BCUT2D eigenvalue weighted by Crippen LogP contribution is 2.19. The van der Waals surface area contributed by atoms with Crippen LogP contribution in [0.3, 0.4) is 0 Å². The van der Waals surface area contributed by atoms with Gasteiger partial charge in [-0.05, 0) is 37.0 Å². The fourth-order valence-corrected chi connectivity index (χ4v) is 2.83. The van der Waals surface area contributed by atoms with Gasteiger partial charge in [0.1, 0.15) is 12.4 Å². The standard InChI is InChI=1S/C16H22N2OS/c1-3-5-16-18-13(11-20-16)10-19-14-8-6-12(7-9-14)15(17)4-2/h6-9,11,15H,3-5,10,17H2,1-2H3/t15-/m0/s1. The summed E-state index contributed by atoms with van der Waals surface area (Å²) >= 11 is 1.71. The SMILES string of the molecule is CCCc1nc(COc2ccc([C@@H](N)CC)cc2)cs1. The van der Waals surface area contributed by atoms with Gasteiger partial charge in [0.15, 0.2) is 0 Å². The summed E-state index contributed by atoms with van der Waals surface area (Å²) in [5.41, 5.74) is 8.15. The lowest BCUT2D eigenvalue weighted by molar-refractivity contribution is 0.301. The van der Waals surface area contributed by atoms with Crippen molar-refractivity contribution in [3.05, 3.63) is 45.9 Å². The van der Waals surface area contributed by atoms with Crippen LogP contribution in [0.5, 0.6) is 5.75 Å². The zero-order chi connectivity index (χ0) is 14.4. The van der Waals surface area contributed by atoms with Crippen molar-refractivity contribution in [3.8, 4) is 5.75 Å². The second-order valence-electron chi connectivity index (χ2n) is 4.86. The summed E-state index contributed by atoms with van der Waals surface area (Å²) in [6.45, 7) is 4.78. The van der Waals surface area contributed by atoms with E-state index in [1.54, 1.807) is 11.3 Å². The molecule has 0 unspecified atom stereocenters. The second-order valence-corrected chi connectivity index (χ2v) is 5.80. The molecule has 4 heteroatoms. The number of benzene rings is 1. The first-order valence-electron chi connectivity index (χ1n) is 7.14. The number of ether oxygens (including phenoxy) is 1. The molecule has 0 bridgehead atoms. The number of nitrogens with two attached hydrogens (primary N) is 1. The van der Waals surface area contributed by atoms with Gasteiger partial charge >= 0.3 is 0 Å². The Hall–Kier alpha value is -1.39. The van der Waals surface area contributed by atoms with Gasteiger partial charge in [-0.1, -0.05) is 26.0 Å². The maximum atomic E-state index is 5.99. The van der Waals surface area contributed by atoms with Crippen LogP contribution in [0.25, 0.3) is 0 Å². The van der Waals surface area contributed by atoms with E-state index in [4.69, 9.17) is 10.5 Å². The summed E-state index contributed by atoms with van der Waals surface area (Å²) in [4.78, 5) is 4.55. The molecule has 0 aliphatic heterocycles. The lowest BCUT2D eigenvalue weighted by Crippen LogP contribution is -2.08. The van der Waals surface area contributed by atoms with Crippen molar-refractivity contribution in [1.82, 2.24) is 4.98 Å². The average molecular weight is 290 g/mol. The van der Waals surface area contributed by atoms with E-state index in [0.717, 1.165) is 36.3 Å². The van der Waals surface area contributed by atoms with E-state index in [2.05, 4.69) is 24.2 Å². The molecule has 2 N–H and O–H groups in total. The zero-order valence-electron chi connectivity index (χ0n) is 12.1. The summed E-state index contributed by atoms with van der Waals surface area (Å²) in [5.74, 6) is 0.863. The molecular formula is C16H22N2OS. The van der Waals surface area contributed by atoms with Crippen molar-refractivity contribution in [2.45, 2.75) is 45.8 Å². The molecule has 20 heavy (non-hydrogen) atoms.